The predicted octanol–water partition coefficient (Wildman–Crippen LogP) is 4.85. The van der Waals surface area contributed by atoms with E-state index in [1.54, 1.807) is 0 Å². The SMILES string of the molecule is OC[C@H]1CC[C@H](Nc2cc(-c3cccc(Cl)c3)nc3c2CCC3)CC1. The van der Waals surface area contributed by atoms with Gasteiger partial charge in [-0.3, -0.25) is 4.98 Å². The molecule has 0 aliphatic heterocycles. The fraction of sp³-hybridized carbons (Fsp3) is 0.476. The maximum absolute atomic E-state index is 9.34. The van der Waals surface area contributed by atoms with Crippen LogP contribution in [0.15, 0.2) is 30.3 Å². The van der Waals surface area contributed by atoms with Gasteiger partial charge < -0.3 is 10.4 Å². The number of benzene rings is 1. The Labute approximate surface area is 154 Å². The van der Waals surface area contributed by atoms with Crippen molar-refractivity contribution in [3.05, 3.63) is 46.6 Å². The quantitative estimate of drug-likeness (QED) is 0.822. The number of aliphatic hydroxyl groups is 1. The van der Waals surface area contributed by atoms with E-state index in [4.69, 9.17) is 16.6 Å². The Morgan fingerprint density at radius 3 is 2.72 bits per heavy atom. The molecule has 1 aromatic heterocycles. The third-order valence-corrected chi connectivity index (χ3v) is 5.87. The molecule has 1 saturated carbocycles. The van der Waals surface area contributed by atoms with Crippen LogP contribution < -0.4 is 5.32 Å². The van der Waals surface area contributed by atoms with Crippen LogP contribution in [0.2, 0.25) is 5.02 Å². The summed E-state index contributed by atoms with van der Waals surface area (Å²) in [6.07, 6.45) is 7.87. The highest BCUT2D eigenvalue weighted by molar-refractivity contribution is 6.30. The zero-order chi connectivity index (χ0) is 17.2. The summed E-state index contributed by atoms with van der Waals surface area (Å²) in [6, 6.07) is 10.6. The van der Waals surface area contributed by atoms with Crippen molar-refractivity contribution in [2.24, 2.45) is 5.92 Å². The van der Waals surface area contributed by atoms with E-state index in [0.717, 1.165) is 54.8 Å². The van der Waals surface area contributed by atoms with E-state index in [2.05, 4.69) is 17.4 Å². The lowest BCUT2D eigenvalue weighted by Crippen LogP contribution is -2.27. The van der Waals surface area contributed by atoms with Gasteiger partial charge >= 0.3 is 0 Å². The number of halogens is 1. The Bertz CT molecular complexity index is 754. The Morgan fingerprint density at radius 2 is 1.96 bits per heavy atom. The second kappa shape index (κ2) is 7.35. The molecule has 0 atom stereocenters. The molecule has 2 aliphatic carbocycles. The number of aliphatic hydroxyl groups excluding tert-OH is 1. The monoisotopic (exact) mass is 356 g/mol. The molecule has 2 aromatic rings. The lowest BCUT2D eigenvalue weighted by atomic mass is 9.86. The molecule has 0 radical (unpaired) electrons. The number of pyridine rings is 1. The summed E-state index contributed by atoms with van der Waals surface area (Å²) in [6.45, 7) is 0.330. The minimum absolute atomic E-state index is 0.330. The molecular weight excluding hydrogens is 332 g/mol. The van der Waals surface area contributed by atoms with Crippen molar-refractivity contribution in [1.82, 2.24) is 4.98 Å². The average Bonchev–Trinajstić information content (AvgIpc) is 3.11. The van der Waals surface area contributed by atoms with Gasteiger partial charge in [-0.15, -0.1) is 0 Å². The van der Waals surface area contributed by atoms with E-state index in [-0.39, 0.29) is 0 Å². The van der Waals surface area contributed by atoms with Crippen molar-refractivity contribution in [2.75, 3.05) is 11.9 Å². The highest BCUT2D eigenvalue weighted by Crippen LogP contribution is 2.34. The summed E-state index contributed by atoms with van der Waals surface area (Å²) < 4.78 is 0. The standard InChI is InChI=1S/C21H25ClN2O/c22-16-4-1-3-15(11-16)20-12-21(18-5-2-6-19(18)24-20)23-17-9-7-14(13-25)8-10-17/h1,3-4,11-12,14,17,25H,2,5-10,13H2,(H,23,24)/t14-,17-. The zero-order valence-electron chi connectivity index (χ0n) is 14.5. The first-order valence-corrected chi connectivity index (χ1v) is 9.77. The Balaban J connectivity index is 1.61. The topological polar surface area (TPSA) is 45.1 Å². The number of nitrogens with zero attached hydrogens (tertiary/aromatic N) is 1. The summed E-state index contributed by atoms with van der Waals surface area (Å²) in [5.41, 5.74) is 5.98. The van der Waals surface area contributed by atoms with Crippen molar-refractivity contribution in [3.63, 3.8) is 0 Å². The molecule has 3 nitrogen and oxygen atoms in total. The minimum atomic E-state index is 0.330. The minimum Gasteiger partial charge on any atom is -0.396 e. The second-order valence-electron chi connectivity index (χ2n) is 7.39. The third-order valence-electron chi connectivity index (χ3n) is 5.64. The number of aryl methyl sites for hydroxylation is 1. The number of fused-ring (bicyclic) bond motifs is 1. The van der Waals surface area contributed by atoms with Crippen LogP contribution in [0.25, 0.3) is 11.3 Å². The van der Waals surface area contributed by atoms with Crippen LogP contribution in [0.4, 0.5) is 5.69 Å². The lowest BCUT2D eigenvalue weighted by Gasteiger charge is -2.29. The van der Waals surface area contributed by atoms with Gasteiger partial charge in [0.25, 0.3) is 0 Å². The molecule has 25 heavy (non-hydrogen) atoms. The normalized spacial score (nSPS) is 22.6. The molecule has 0 bridgehead atoms. The van der Waals surface area contributed by atoms with E-state index in [0.29, 0.717) is 18.6 Å². The first-order valence-electron chi connectivity index (χ1n) is 9.39. The van der Waals surface area contributed by atoms with E-state index >= 15 is 0 Å². The second-order valence-corrected chi connectivity index (χ2v) is 7.83. The zero-order valence-corrected chi connectivity index (χ0v) is 15.2. The number of hydrogen-bond acceptors (Lipinski definition) is 3. The molecule has 1 heterocycles. The van der Waals surface area contributed by atoms with E-state index in [1.807, 2.05) is 18.2 Å². The van der Waals surface area contributed by atoms with Crippen LogP contribution in [0.3, 0.4) is 0 Å². The van der Waals surface area contributed by atoms with Gasteiger partial charge in [0.15, 0.2) is 0 Å². The number of rotatable bonds is 4. The van der Waals surface area contributed by atoms with Crippen LogP contribution in [0.5, 0.6) is 0 Å². The van der Waals surface area contributed by atoms with Gasteiger partial charge in [0.2, 0.25) is 0 Å². The number of hydrogen-bond donors (Lipinski definition) is 2. The third kappa shape index (κ3) is 3.68. The van der Waals surface area contributed by atoms with Gasteiger partial charge in [0, 0.05) is 34.6 Å². The molecule has 1 fully saturated rings. The van der Waals surface area contributed by atoms with Crippen molar-refractivity contribution < 1.29 is 5.11 Å². The maximum atomic E-state index is 9.34. The van der Waals surface area contributed by atoms with Crippen molar-refractivity contribution in [1.29, 1.82) is 0 Å². The summed E-state index contributed by atoms with van der Waals surface area (Å²) >= 11 is 6.17. The number of aromatic nitrogens is 1. The summed E-state index contributed by atoms with van der Waals surface area (Å²) in [4.78, 5) is 4.91. The van der Waals surface area contributed by atoms with Crippen LogP contribution in [-0.2, 0) is 12.8 Å². The largest absolute Gasteiger partial charge is 0.396 e. The molecule has 2 aliphatic rings. The lowest BCUT2D eigenvalue weighted by molar-refractivity contribution is 0.186. The molecule has 4 heteroatoms. The fourth-order valence-electron chi connectivity index (χ4n) is 4.18. The van der Waals surface area contributed by atoms with Gasteiger partial charge in [-0.2, -0.15) is 0 Å². The fourth-order valence-corrected chi connectivity index (χ4v) is 4.37. The van der Waals surface area contributed by atoms with Crippen molar-refractivity contribution >= 4 is 17.3 Å². The van der Waals surface area contributed by atoms with Gasteiger partial charge in [0.05, 0.1) is 5.69 Å². The van der Waals surface area contributed by atoms with Crippen molar-refractivity contribution in [3.8, 4) is 11.3 Å². The molecule has 0 saturated heterocycles. The first-order chi connectivity index (χ1) is 12.2. The highest BCUT2D eigenvalue weighted by Gasteiger charge is 2.24. The summed E-state index contributed by atoms with van der Waals surface area (Å²) in [7, 11) is 0. The van der Waals surface area contributed by atoms with Crippen LogP contribution in [-0.4, -0.2) is 22.7 Å². The van der Waals surface area contributed by atoms with Crippen LogP contribution >= 0.6 is 11.6 Å². The van der Waals surface area contributed by atoms with Crippen molar-refractivity contribution in [2.45, 2.75) is 51.0 Å². The number of nitrogens with one attached hydrogen (secondary N) is 1. The van der Waals surface area contributed by atoms with E-state index in [1.165, 1.54) is 23.4 Å². The first kappa shape index (κ1) is 16.9. The predicted molar refractivity (Wildman–Crippen MR) is 103 cm³/mol. The van der Waals surface area contributed by atoms with Gasteiger partial charge in [0.1, 0.15) is 0 Å². The van der Waals surface area contributed by atoms with E-state index in [9.17, 15) is 5.11 Å². The van der Waals surface area contributed by atoms with Gasteiger partial charge in [-0.05, 0) is 74.6 Å². The molecule has 0 unspecified atom stereocenters. The van der Waals surface area contributed by atoms with Gasteiger partial charge in [-0.1, -0.05) is 23.7 Å². The smallest absolute Gasteiger partial charge is 0.0726 e. The summed E-state index contributed by atoms with van der Waals surface area (Å²) in [5.74, 6) is 0.489. The molecular formula is C21H25ClN2O. The van der Waals surface area contributed by atoms with E-state index < -0.39 is 0 Å². The van der Waals surface area contributed by atoms with Crippen LogP contribution in [0, 0.1) is 5.92 Å². The Kier molecular flexibility index (Phi) is 4.96. The highest BCUT2D eigenvalue weighted by atomic mass is 35.5. The molecule has 0 spiro atoms. The molecule has 1 aromatic carbocycles. The maximum Gasteiger partial charge on any atom is 0.0726 e. The Morgan fingerprint density at radius 1 is 1.12 bits per heavy atom. The molecule has 2 N–H and O–H groups in total. The molecule has 0 amide bonds. The average molecular weight is 357 g/mol. The summed E-state index contributed by atoms with van der Waals surface area (Å²) in [5, 5.41) is 13.9. The Hall–Kier alpha value is -1.58. The van der Waals surface area contributed by atoms with Crippen LogP contribution in [0.1, 0.15) is 43.4 Å². The molecule has 132 valence electrons. The van der Waals surface area contributed by atoms with Gasteiger partial charge in [-0.25, -0.2) is 0 Å². The molecule has 4 rings (SSSR count). The number of anilines is 1.